The van der Waals surface area contributed by atoms with E-state index in [2.05, 4.69) is 26.8 Å². The van der Waals surface area contributed by atoms with E-state index in [0.717, 1.165) is 5.56 Å². The highest BCUT2D eigenvalue weighted by Crippen LogP contribution is 2.26. The van der Waals surface area contributed by atoms with Gasteiger partial charge in [0, 0.05) is 12.7 Å². The third-order valence-electron chi connectivity index (χ3n) is 3.58. The van der Waals surface area contributed by atoms with Gasteiger partial charge in [-0.15, -0.1) is 0 Å². The minimum atomic E-state index is -0.428. The van der Waals surface area contributed by atoms with Crippen molar-refractivity contribution >= 4 is 27.7 Å². The molecule has 0 aliphatic carbocycles. The van der Waals surface area contributed by atoms with Gasteiger partial charge in [0.05, 0.1) is 24.6 Å². The number of hydrogen-bond donors (Lipinski definition) is 2. The third-order valence-corrected chi connectivity index (χ3v) is 4.20. The molecule has 2 rings (SSSR count). The normalized spacial score (nSPS) is 10.2. The average Bonchev–Trinajstić information content (AvgIpc) is 2.68. The van der Waals surface area contributed by atoms with Crippen LogP contribution in [-0.2, 0) is 16.0 Å². The van der Waals surface area contributed by atoms with E-state index in [0.29, 0.717) is 34.7 Å². The number of hydrogen-bond acceptors (Lipinski definition) is 5. The van der Waals surface area contributed by atoms with Crippen LogP contribution >= 0.6 is 15.9 Å². The SMILES string of the molecule is COCCOc1ccc(C(=O)NNC(=O)Cc2ccc(OC)cc2)cc1Br. The van der Waals surface area contributed by atoms with Crippen molar-refractivity contribution in [2.24, 2.45) is 0 Å². The number of benzene rings is 2. The molecule has 7 nitrogen and oxygen atoms in total. The molecule has 0 atom stereocenters. The van der Waals surface area contributed by atoms with Gasteiger partial charge in [-0.05, 0) is 51.8 Å². The Labute approximate surface area is 166 Å². The van der Waals surface area contributed by atoms with E-state index in [1.54, 1.807) is 56.7 Å². The third kappa shape index (κ3) is 6.58. The van der Waals surface area contributed by atoms with Crippen LogP contribution in [0, 0.1) is 0 Å². The number of halogens is 1. The Bertz CT molecular complexity index is 780. The molecular formula is C19H21BrN2O5. The van der Waals surface area contributed by atoms with Crippen LogP contribution in [0.25, 0.3) is 0 Å². The minimum Gasteiger partial charge on any atom is -0.497 e. The summed E-state index contributed by atoms with van der Waals surface area (Å²) in [6, 6.07) is 12.0. The fourth-order valence-corrected chi connectivity index (χ4v) is 2.66. The second-order valence-electron chi connectivity index (χ2n) is 5.51. The predicted molar refractivity (Wildman–Crippen MR) is 104 cm³/mol. The minimum absolute atomic E-state index is 0.139. The largest absolute Gasteiger partial charge is 0.497 e. The molecule has 2 aromatic rings. The maximum absolute atomic E-state index is 12.2. The van der Waals surface area contributed by atoms with Crippen molar-refractivity contribution in [3.63, 3.8) is 0 Å². The lowest BCUT2D eigenvalue weighted by Crippen LogP contribution is -2.42. The van der Waals surface area contributed by atoms with Crippen molar-refractivity contribution in [2.45, 2.75) is 6.42 Å². The first kappa shape index (κ1) is 20.7. The number of carbonyl (C=O) groups excluding carboxylic acids is 2. The molecule has 0 radical (unpaired) electrons. The summed E-state index contributed by atoms with van der Waals surface area (Å²) < 4.78 is 16.1. The smallest absolute Gasteiger partial charge is 0.269 e. The molecule has 0 saturated carbocycles. The molecule has 2 aromatic carbocycles. The van der Waals surface area contributed by atoms with Gasteiger partial charge in [0.15, 0.2) is 0 Å². The first-order valence-electron chi connectivity index (χ1n) is 8.17. The van der Waals surface area contributed by atoms with Gasteiger partial charge in [0.1, 0.15) is 18.1 Å². The molecule has 27 heavy (non-hydrogen) atoms. The zero-order valence-corrected chi connectivity index (χ0v) is 16.7. The lowest BCUT2D eigenvalue weighted by atomic mass is 10.1. The number of methoxy groups -OCH3 is 2. The Morgan fingerprint density at radius 3 is 2.37 bits per heavy atom. The molecule has 144 valence electrons. The van der Waals surface area contributed by atoms with Crippen LogP contribution < -0.4 is 20.3 Å². The summed E-state index contributed by atoms with van der Waals surface area (Å²) in [5.41, 5.74) is 5.99. The molecule has 0 heterocycles. The van der Waals surface area contributed by atoms with Gasteiger partial charge >= 0.3 is 0 Å². The number of ether oxygens (including phenoxy) is 3. The van der Waals surface area contributed by atoms with E-state index in [4.69, 9.17) is 14.2 Å². The summed E-state index contributed by atoms with van der Waals surface area (Å²) in [6.45, 7) is 0.872. The topological polar surface area (TPSA) is 85.9 Å². The maximum Gasteiger partial charge on any atom is 0.269 e. The lowest BCUT2D eigenvalue weighted by molar-refractivity contribution is -0.121. The van der Waals surface area contributed by atoms with E-state index >= 15 is 0 Å². The second-order valence-corrected chi connectivity index (χ2v) is 6.37. The van der Waals surface area contributed by atoms with Gasteiger partial charge < -0.3 is 14.2 Å². The number of rotatable bonds is 8. The first-order chi connectivity index (χ1) is 13.0. The molecule has 0 saturated heterocycles. The highest BCUT2D eigenvalue weighted by molar-refractivity contribution is 9.10. The van der Waals surface area contributed by atoms with Crippen LogP contribution in [0.5, 0.6) is 11.5 Å². The molecule has 0 spiro atoms. The van der Waals surface area contributed by atoms with Crippen molar-refractivity contribution in [3.8, 4) is 11.5 Å². The summed E-state index contributed by atoms with van der Waals surface area (Å²) in [5.74, 6) is 0.564. The quantitative estimate of drug-likeness (QED) is 0.490. The molecule has 0 fully saturated rings. The number of amides is 2. The van der Waals surface area contributed by atoms with E-state index in [9.17, 15) is 9.59 Å². The highest BCUT2D eigenvalue weighted by atomic mass is 79.9. The fourth-order valence-electron chi connectivity index (χ4n) is 2.17. The summed E-state index contributed by atoms with van der Waals surface area (Å²) in [6.07, 6.45) is 0.139. The average molecular weight is 437 g/mol. The molecule has 0 unspecified atom stereocenters. The van der Waals surface area contributed by atoms with Crippen LogP contribution in [0.15, 0.2) is 46.9 Å². The maximum atomic E-state index is 12.2. The van der Waals surface area contributed by atoms with Crippen LogP contribution in [-0.4, -0.2) is 39.2 Å². The Morgan fingerprint density at radius 1 is 1.00 bits per heavy atom. The van der Waals surface area contributed by atoms with Crippen molar-refractivity contribution in [2.75, 3.05) is 27.4 Å². The van der Waals surface area contributed by atoms with E-state index in [-0.39, 0.29) is 12.3 Å². The van der Waals surface area contributed by atoms with Crippen LogP contribution in [0.3, 0.4) is 0 Å². The van der Waals surface area contributed by atoms with Crippen molar-refractivity contribution < 1.29 is 23.8 Å². The van der Waals surface area contributed by atoms with Crippen LogP contribution in [0.4, 0.5) is 0 Å². The molecule has 0 bridgehead atoms. The van der Waals surface area contributed by atoms with Crippen molar-refractivity contribution in [1.29, 1.82) is 0 Å². The molecule has 0 aliphatic rings. The standard InChI is InChI=1S/C19H21BrN2O5/c1-25-9-10-27-17-8-5-14(12-16(17)20)19(24)22-21-18(23)11-13-3-6-15(26-2)7-4-13/h3-8,12H,9-11H2,1-2H3,(H,21,23)(H,22,24). The zero-order valence-electron chi connectivity index (χ0n) is 15.1. The second kappa shape index (κ2) is 10.5. The number of carbonyl (C=O) groups is 2. The Morgan fingerprint density at radius 2 is 1.74 bits per heavy atom. The van der Waals surface area contributed by atoms with Gasteiger partial charge in [-0.3, -0.25) is 20.4 Å². The molecule has 8 heteroatoms. The number of nitrogens with one attached hydrogen (secondary N) is 2. The molecule has 0 aromatic heterocycles. The van der Waals surface area contributed by atoms with Crippen molar-refractivity contribution in [1.82, 2.24) is 10.9 Å². The van der Waals surface area contributed by atoms with Gasteiger partial charge in [-0.1, -0.05) is 12.1 Å². The van der Waals surface area contributed by atoms with Crippen LogP contribution in [0.2, 0.25) is 0 Å². The molecular weight excluding hydrogens is 416 g/mol. The Hall–Kier alpha value is -2.58. The van der Waals surface area contributed by atoms with E-state index < -0.39 is 5.91 Å². The summed E-state index contributed by atoms with van der Waals surface area (Å²) in [4.78, 5) is 24.2. The predicted octanol–water partition coefficient (Wildman–Crippen LogP) is 2.49. The van der Waals surface area contributed by atoms with E-state index in [1.165, 1.54) is 0 Å². The number of hydrazine groups is 1. The summed E-state index contributed by atoms with van der Waals surface area (Å²) in [5, 5.41) is 0. The van der Waals surface area contributed by atoms with E-state index in [1.807, 2.05) is 0 Å². The highest BCUT2D eigenvalue weighted by Gasteiger charge is 2.11. The molecule has 2 N–H and O–H groups in total. The van der Waals surface area contributed by atoms with Gasteiger partial charge in [0.25, 0.3) is 5.91 Å². The summed E-state index contributed by atoms with van der Waals surface area (Å²) >= 11 is 3.36. The van der Waals surface area contributed by atoms with Gasteiger partial charge in [0.2, 0.25) is 5.91 Å². The van der Waals surface area contributed by atoms with Crippen molar-refractivity contribution in [3.05, 3.63) is 58.1 Å². The Kier molecular flexibility index (Phi) is 8.09. The monoisotopic (exact) mass is 436 g/mol. The molecule has 2 amide bonds. The molecule has 0 aliphatic heterocycles. The Balaban J connectivity index is 1.85. The fraction of sp³-hybridized carbons (Fsp3) is 0.263. The van der Waals surface area contributed by atoms with Gasteiger partial charge in [-0.25, -0.2) is 0 Å². The lowest BCUT2D eigenvalue weighted by Gasteiger charge is -2.10. The zero-order chi connectivity index (χ0) is 19.6. The van der Waals surface area contributed by atoms with Gasteiger partial charge in [-0.2, -0.15) is 0 Å². The first-order valence-corrected chi connectivity index (χ1v) is 8.96. The van der Waals surface area contributed by atoms with Crippen LogP contribution in [0.1, 0.15) is 15.9 Å². The summed E-state index contributed by atoms with van der Waals surface area (Å²) in [7, 11) is 3.17.